The summed E-state index contributed by atoms with van der Waals surface area (Å²) in [6, 6.07) is 9.53. The van der Waals surface area contributed by atoms with Crippen molar-refractivity contribution in [1.82, 2.24) is 10.2 Å². The molecule has 0 aliphatic rings. The molecule has 2 nitrogen and oxygen atoms in total. The predicted octanol–water partition coefficient (Wildman–Crippen LogP) is 4.02. The summed E-state index contributed by atoms with van der Waals surface area (Å²) in [5.74, 6) is 0. The molecule has 0 radical (unpaired) electrons. The zero-order valence-corrected chi connectivity index (χ0v) is 13.8. The molecule has 20 heavy (non-hydrogen) atoms. The van der Waals surface area contributed by atoms with Crippen LogP contribution in [0.1, 0.15) is 57.2 Å². The minimum absolute atomic E-state index is 0.442. The zero-order valence-electron chi connectivity index (χ0n) is 13.8. The number of unbranched alkanes of at least 4 members (excludes halogenated alkanes) is 2. The van der Waals surface area contributed by atoms with E-state index in [0.717, 1.165) is 19.5 Å². The van der Waals surface area contributed by atoms with Gasteiger partial charge in [0.1, 0.15) is 0 Å². The SMILES string of the molecule is CCCCCN(C)CC(NCC)c1ccc(CC)cc1. The van der Waals surface area contributed by atoms with Gasteiger partial charge in [-0.15, -0.1) is 0 Å². The van der Waals surface area contributed by atoms with Gasteiger partial charge in [-0.05, 0) is 44.1 Å². The lowest BCUT2D eigenvalue weighted by molar-refractivity contribution is 0.286. The van der Waals surface area contributed by atoms with Gasteiger partial charge in [-0.1, -0.05) is 57.9 Å². The summed E-state index contributed by atoms with van der Waals surface area (Å²) in [6.07, 6.45) is 5.05. The molecule has 1 N–H and O–H groups in total. The molecule has 0 fully saturated rings. The van der Waals surface area contributed by atoms with E-state index < -0.39 is 0 Å². The first-order valence-corrected chi connectivity index (χ1v) is 8.22. The van der Waals surface area contributed by atoms with Crippen LogP contribution in [-0.4, -0.2) is 31.6 Å². The Morgan fingerprint density at radius 3 is 2.30 bits per heavy atom. The van der Waals surface area contributed by atoms with Crippen LogP contribution >= 0.6 is 0 Å². The normalized spacial score (nSPS) is 12.8. The molecule has 0 heterocycles. The lowest BCUT2D eigenvalue weighted by Crippen LogP contribution is -2.33. The number of hydrogen-bond acceptors (Lipinski definition) is 2. The van der Waals surface area contributed by atoms with Gasteiger partial charge in [0.15, 0.2) is 0 Å². The van der Waals surface area contributed by atoms with Gasteiger partial charge >= 0.3 is 0 Å². The minimum atomic E-state index is 0.442. The molecule has 1 aromatic carbocycles. The van der Waals surface area contributed by atoms with E-state index in [1.165, 1.54) is 36.9 Å². The number of benzene rings is 1. The Bertz CT molecular complexity index is 345. The van der Waals surface area contributed by atoms with Gasteiger partial charge in [0.2, 0.25) is 0 Å². The standard InChI is InChI=1S/C18H32N2/c1-5-8-9-14-20(4)15-18(19-7-3)17-12-10-16(6-2)11-13-17/h10-13,18-19H,5-9,14-15H2,1-4H3. The van der Waals surface area contributed by atoms with Crippen molar-refractivity contribution in [3.05, 3.63) is 35.4 Å². The van der Waals surface area contributed by atoms with Crippen LogP contribution < -0.4 is 5.32 Å². The van der Waals surface area contributed by atoms with Crippen LogP contribution in [0.15, 0.2) is 24.3 Å². The molecule has 0 saturated heterocycles. The Balaban J connectivity index is 2.57. The molecule has 0 aromatic heterocycles. The molecule has 2 heteroatoms. The fourth-order valence-corrected chi connectivity index (χ4v) is 2.55. The quantitative estimate of drug-likeness (QED) is 0.649. The molecule has 1 unspecified atom stereocenters. The van der Waals surface area contributed by atoms with E-state index >= 15 is 0 Å². The molecule has 0 spiro atoms. The first-order valence-electron chi connectivity index (χ1n) is 8.22. The zero-order chi connectivity index (χ0) is 14.8. The number of likely N-dealkylation sites (N-methyl/N-ethyl adjacent to an activating group) is 2. The highest BCUT2D eigenvalue weighted by molar-refractivity contribution is 5.25. The van der Waals surface area contributed by atoms with Crippen LogP contribution in [0.4, 0.5) is 0 Å². The van der Waals surface area contributed by atoms with Gasteiger partial charge in [-0.25, -0.2) is 0 Å². The second kappa shape index (κ2) is 9.95. The fraction of sp³-hybridized carbons (Fsp3) is 0.667. The van der Waals surface area contributed by atoms with E-state index in [4.69, 9.17) is 0 Å². The van der Waals surface area contributed by atoms with E-state index in [-0.39, 0.29) is 0 Å². The summed E-state index contributed by atoms with van der Waals surface area (Å²) in [5.41, 5.74) is 2.83. The first kappa shape index (κ1) is 17.2. The summed E-state index contributed by atoms with van der Waals surface area (Å²) >= 11 is 0. The topological polar surface area (TPSA) is 15.3 Å². The van der Waals surface area contributed by atoms with Crippen LogP contribution in [0.25, 0.3) is 0 Å². The Labute approximate surface area is 125 Å². The van der Waals surface area contributed by atoms with Crippen LogP contribution in [0, 0.1) is 0 Å². The van der Waals surface area contributed by atoms with Crippen molar-refractivity contribution in [2.45, 2.75) is 52.5 Å². The smallest absolute Gasteiger partial charge is 0.0449 e. The molecule has 0 saturated carbocycles. The number of hydrogen-bond donors (Lipinski definition) is 1. The molecule has 0 bridgehead atoms. The third kappa shape index (κ3) is 6.06. The average molecular weight is 276 g/mol. The van der Waals surface area contributed by atoms with E-state index in [1.807, 2.05) is 0 Å². The molecule has 0 aliphatic carbocycles. The summed E-state index contributed by atoms with van der Waals surface area (Å²) in [6.45, 7) is 9.95. The number of rotatable bonds is 10. The van der Waals surface area contributed by atoms with Gasteiger partial charge < -0.3 is 10.2 Å². The van der Waals surface area contributed by atoms with Crippen LogP contribution in [0.2, 0.25) is 0 Å². The van der Waals surface area contributed by atoms with E-state index in [2.05, 4.69) is 62.3 Å². The maximum atomic E-state index is 3.62. The van der Waals surface area contributed by atoms with Crippen LogP contribution in [0.3, 0.4) is 0 Å². The Morgan fingerprint density at radius 2 is 1.75 bits per heavy atom. The van der Waals surface area contributed by atoms with E-state index in [9.17, 15) is 0 Å². The van der Waals surface area contributed by atoms with Crippen molar-refractivity contribution in [3.8, 4) is 0 Å². The number of nitrogens with one attached hydrogen (secondary N) is 1. The Hall–Kier alpha value is -0.860. The molecule has 0 aliphatic heterocycles. The maximum Gasteiger partial charge on any atom is 0.0449 e. The highest BCUT2D eigenvalue weighted by Gasteiger charge is 2.12. The largest absolute Gasteiger partial charge is 0.309 e. The van der Waals surface area contributed by atoms with Gasteiger partial charge in [0.05, 0.1) is 0 Å². The summed E-state index contributed by atoms with van der Waals surface area (Å²) in [5, 5.41) is 3.62. The van der Waals surface area contributed by atoms with Crippen LogP contribution in [-0.2, 0) is 6.42 Å². The van der Waals surface area contributed by atoms with Crippen molar-refractivity contribution in [2.24, 2.45) is 0 Å². The highest BCUT2D eigenvalue weighted by Crippen LogP contribution is 2.16. The number of aryl methyl sites for hydroxylation is 1. The molecule has 0 amide bonds. The van der Waals surface area contributed by atoms with E-state index in [1.54, 1.807) is 0 Å². The lowest BCUT2D eigenvalue weighted by Gasteiger charge is -2.25. The third-order valence-electron chi connectivity index (χ3n) is 3.88. The Morgan fingerprint density at radius 1 is 1.05 bits per heavy atom. The highest BCUT2D eigenvalue weighted by atomic mass is 15.1. The lowest BCUT2D eigenvalue weighted by atomic mass is 10.0. The van der Waals surface area contributed by atoms with Gasteiger partial charge in [0.25, 0.3) is 0 Å². The molecule has 114 valence electrons. The second-order valence-corrected chi connectivity index (χ2v) is 5.67. The number of nitrogens with zero attached hydrogens (tertiary/aromatic N) is 1. The molecular formula is C18H32N2. The third-order valence-corrected chi connectivity index (χ3v) is 3.88. The maximum absolute atomic E-state index is 3.62. The van der Waals surface area contributed by atoms with Gasteiger partial charge in [-0.2, -0.15) is 0 Å². The molecule has 1 aromatic rings. The van der Waals surface area contributed by atoms with Crippen molar-refractivity contribution in [1.29, 1.82) is 0 Å². The minimum Gasteiger partial charge on any atom is -0.309 e. The predicted molar refractivity (Wildman–Crippen MR) is 89.3 cm³/mol. The summed E-state index contributed by atoms with van der Waals surface area (Å²) < 4.78 is 0. The monoisotopic (exact) mass is 276 g/mol. The van der Waals surface area contributed by atoms with E-state index in [0.29, 0.717) is 6.04 Å². The fourth-order valence-electron chi connectivity index (χ4n) is 2.55. The summed E-state index contributed by atoms with van der Waals surface area (Å²) in [4.78, 5) is 2.46. The van der Waals surface area contributed by atoms with Crippen molar-refractivity contribution in [3.63, 3.8) is 0 Å². The van der Waals surface area contributed by atoms with Crippen LogP contribution in [0.5, 0.6) is 0 Å². The first-order chi connectivity index (χ1) is 9.71. The van der Waals surface area contributed by atoms with Crippen molar-refractivity contribution >= 4 is 0 Å². The van der Waals surface area contributed by atoms with Crippen molar-refractivity contribution in [2.75, 3.05) is 26.7 Å². The Kier molecular flexibility index (Phi) is 8.56. The second-order valence-electron chi connectivity index (χ2n) is 5.67. The van der Waals surface area contributed by atoms with Gasteiger partial charge in [-0.3, -0.25) is 0 Å². The average Bonchev–Trinajstić information content (AvgIpc) is 2.47. The molecule has 1 atom stereocenters. The molecule has 1 rings (SSSR count). The molecular weight excluding hydrogens is 244 g/mol. The van der Waals surface area contributed by atoms with Gasteiger partial charge in [0, 0.05) is 12.6 Å². The summed E-state index contributed by atoms with van der Waals surface area (Å²) in [7, 11) is 2.24. The van der Waals surface area contributed by atoms with Crippen molar-refractivity contribution < 1.29 is 0 Å².